The molecule has 1 N–H and O–H groups in total. The molecule has 1 aromatic heterocycles. The fourth-order valence-corrected chi connectivity index (χ4v) is 4.65. The number of benzene rings is 1. The van der Waals surface area contributed by atoms with Gasteiger partial charge in [-0.3, -0.25) is 4.79 Å². The molecule has 27 heavy (non-hydrogen) atoms. The molecule has 7 nitrogen and oxygen atoms in total. The van der Waals surface area contributed by atoms with Crippen LogP contribution in [0.4, 0.5) is 5.69 Å². The Morgan fingerprint density at radius 1 is 1.33 bits per heavy atom. The number of aryl methyl sites for hydroxylation is 1. The molecule has 0 aliphatic carbocycles. The fourth-order valence-electron chi connectivity index (χ4n) is 3.21. The summed E-state index contributed by atoms with van der Waals surface area (Å²) in [4.78, 5) is 16.7. The first-order chi connectivity index (χ1) is 12.8. The van der Waals surface area contributed by atoms with E-state index in [2.05, 4.69) is 10.3 Å². The Labute approximate surface area is 160 Å². The van der Waals surface area contributed by atoms with E-state index < -0.39 is 10.0 Å². The topological polar surface area (TPSA) is 84.3 Å². The molecule has 1 aliphatic heterocycles. The number of rotatable bonds is 5. The highest BCUT2D eigenvalue weighted by Gasteiger charge is 2.34. The van der Waals surface area contributed by atoms with E-state index in [-0.39, 0.29) is 29.4 Å². The van der Waals surface area contributed by atoms with Gasteiger partial charge in [-0.25, -0.2) is 13.4 Å². The van der Waals surface area contributed by atoms with Crippen LogP contribution in [0.3, 0.4) is 0 Å². The highest BCUT2D eigenvalue weighted by molar-refractivity contribution is 7.89. The molecule has 0 bridgehead atoms. The standard InChI is InChI=1S/C19H26N4O3S/c1-14(2)22-12-18(20-13-22)27(25,26)23-9-5-7-16(11-23)19(24)21-17-8-4-6-15(3)10-17/h4,6,8,10,12-14,16H,5,7,9,11H2,1-3H3,(H,21,24). The molecule has 1 unspecified atom stereocenters. The van der Waals surface area contributed by atoms with Crippen molar-refractivity contribution in [2.45, 2.75) is 44.7 Å². The van der Waals surface area contributed by atoms with Gasteiger partial charge in [0.2, 0.25) is 5.91 Å². The number of carbonyl (C=O) groups is 1. The van der Waals surface area contributed by atoms with E-state index in [1.165, 1.54) is 10.6 Å². The van der Waals surface area contributed by atoms with Crippen LogP contribution >= 0.6 is 0 Å². The van der Waals surface area contributed by atoms with Gasteiger partial charge < -0.3 is 9.88 Å². The van der Waals surface area contributed by atoms with Crippen molar-refractivity contribution in [1.82, 2.24) is 13.9 Å². The third-order valence-electron chi connectivity index (χ3n) is 4.82. The molecule has 146 valence electrons. The molecule has 1 amide bonds. The van der Waals surface area contributed by atoms with Crippen LogP contribution in [-0.2, 0) is 14.8 Å². The monoisotopic (exact) mass is 390 g/mol. The molecular formula is C19H26N4O3S. The van der Waals surface area contributed by atoms with Crippen molar-refractivity contribution in [1.29, 1.82) is 0 Å². The maximum absolute atomic E-state index is 12.9. The molecule has 2 heterocycles. The van der Waals surface area contributed by atoms with E-state index in [9.17, 15) is 13.2 Å². The van der Waals surface area contributed by atoms with Crippen molar-refractivity contribution >= 4 is 21.6 Å². The first-order valence-corrected chi connectivity index (χ1v) is 10.6. The number of amides is 1. The van der Waals surface area contributed by atoms with E-state index in [0.29, 0.717) is 19.4 Å². The second-order valence-electron chi connectivity index (χ2n) is 7.31. The Morgan fingerprint density at radius 2 is 2.11 bits per heavy atom. The lowest BCUT2D eigenvalue weighted by Gasteiger charge is -2.30. The Bertz CT molecular complexity index is 921. The second kappa shape index (κ2) is 7.82. The number of imidazole rings is 1. The van der Waals surface area contributed by atoms with Crippen LogP contribution in [0.15, 0.2) is 41.8 Å². The third-order valence-corrected chi connectivity index (χ3v) is 6.57. The van der Waals surface area contributed by atoms with Crippen LogP contribution in [0.1, 0.15) is 38.3 Å². The number of aromatic nitrogens is 2. The zero-order chi connectivity index (χ0) is 19.6. The van der Waals surface area contributed by atoms with Gasteiger partial charge >= 0.3 is 0 Å². The lowest BCUT2D eigenvalue weighted by atomic mass is 9.98. The maximum Gasteiger partial charge on any atom is 0.262 e. The zero-order valence-corrected chi connectivity index (χ0v) is 16.7. The molecule has 3 rings (SSSR count). The molecule has 0 radical (unpaired) electrons. The van der Waals surface area contributed by atoms with Crippen molar-refractivity contribution in [3.8, 4) is 0 Å². The quantitative estimate of drug-likeness (QED) is 0.851. The van der Waals surface area contributed by atoms with Gasteiger partial charge in [0.1, 0.15) is 0 Å². The number of sulfonamides is 1. The van der Waals surface area contributed by atoms with Crippen LogP contribution in [0, 0.1) is 12.8 Å². The van der Waals surface area contributed by atoms with Crippen LogP contribution in [-0.4, -0.2) is 41.3 Å². The highest BCUT2D eigenvalue weighted by Crippen LogP contribution is 2.24. The molecule has 1 aliphatic rings. The minimum atomic E-state index is -3.70. The van der Waals surface area contributed by atoms with Crippen LogP contribution in [0.2, 0.25) is 0 Å². The molecule has 0 saturated carbocycles. The van der Waals surface area contributed by atoms with Crippen LogP contribution in [0.5, 0.6) is 0 Å². The van der Waals surface area contributed by atoms with E-state index in [0.717, 1.165) is 11.3 Å². The molecule has 2 aromatic rings. The minimum Gasteiger partial charge on any atom is -0.334 e. The summed E-state index contributed by atoms with van der Waals surface area (Å²) in [6, 6.07) is 7.71. The van der Waals surface area contributed by atoms with Gasteiger partial charge in [-0.05, 0) is 51.3 Å². The Morgan fingerprint density at radius 3 is 2.78 bits per heavy atom. The molecule has 8 heteroatoms. The first kappa shape index (κ1) is 19.6. The molecule has 0 spiro atoms. The normalized spacial score (nSPS) is 18.6. The zero-order valence-electron chi connectivity index (χ0n) is 15.9. The number of nitrogens with zero attached hydrogens (tertiary/aromatic N) is 3. The average Bonchev–Trinajstić information content (AvgIpc) is 3.13. The van der Waals surface area contributed by atoms with Gasteiger partial charge in [-0.2, -0.15) is 4.31 Å². The predicted octanol–water partition coefficient (Wildman–Crippen LogP) is 2.81. The summed E-state index contributed by atoms with van der Waals surface area (Å²) >= 11 is 0. The average molecular weight is 391 g/mol. The van der Waals surface area contributed by atoms with E-state index in [4.69, 9.17) is 0 Å². The van der Waals surface area contributed by atoms with Crippen molar-refractivity contribution in [2.24, 2.45) is 5.92 Å². The SMILES string of the molecule is Cc1cccc(NC(=O)C2CCCN(S(=O)(=O)c3cn(C(C)C)cn3)C2)c1. The Balaban J connectivity index is 1.71. The summed E-state index contributed by atoms with van der Waals surface area (Å²) in [5, 5.41) is 2.94. The summed E-state index contributed by atoms with van der Waals surface area (Å²) in [6.07, 6.45) is 4.40. The molecule has 1 saturated heterocycles. The van der Waals surface area contributed by atoms with Gasteiger partial charge in [0.15, 0.2) is 5.03 Å². The van der Waals surface area contributed by atoms with Crippen molar-refractivity contribution in [2.75, 3.05) is 18.4 Å². The summed E-state index contributed by atoms with van der Waals surface area (Å²) in [5.41, 5.74) is 1.79. The molecular weight excluding hydrogens is 364 g/mol. The van der Waals surface area contributed by atoms with Crippen LogP contribution in [0.25, 0.3) is 0 Å². The number of hydrogen-bond donors (Lipinski definition) is 1. The Kier molecular flexibility index (Phi) is 5.67. The van der Waals surface area contributed by atoms with Crippen LogP contribution < -0.4 is 5.32 Å². The van der Waals surface area contributed by atoms with E-state index >= 15 is 0 Å². The minimum absolute atomic E-state index is 0.0379. The number of hydrogen-bond acceptors (Lipinski definition) is 4. The van der Waals surface area contributed by atoms with Gasteiger partial charge in [0.05, 0.1) is 12.2 Å². The van der Waals surface area contributed by atoms with Crippen molar-refractivity contribution < 1.29 is 13.2 Å². The fraction of sp³-hybridized carbons (Fsp3) is 0.474. The number of piperidine rings is 1. The number of carbonyl (C=O) groups excluding carboxylic acids is 1. The largest absolute Gasteiger partial charge is 0.334 e. The van der Waals surface area contributed by atoms with Gasteiger partial charge in [-0.15, -0.1) is 0 Å². The first-order valence-electron chi connectivity index (χ1n) is 9.18. The predicted molar refractivity (Wildman–Crippen MR) is 104 cm³/mol. The lowest BCUT2D eigenvalue weighted by molar-refractivity contribution is -0.120. The Hall–Kier alpha value is -2.19. The van der Waals surface area contributed by atoms with Crippen molar-refractivity contribution in [3.05, 3.63) is 42.4 Å². The van der Waals surface area contributed by atoms with E-state index in [1.54, 1.807) is 10.8 Å². The summed E-state index contributed by atoms with van der Waals surface area (Å²) in [7, 11) is -3.70. The highest BCUT2D eigenvalue weighted by atomic mass is 32.2. The molecule has 1 fully saturated rings. The van der Waals surface area contributed by atoms with Gasteiger partial charge in [0.25, 0.3) is 10.0 Å². The summed E-state index contributed by atoms with van der Waals surface area (Å²) in [6.45, 7) is 6.47. The van der Waals surface area contributed by atoms with E-state index in [1.807, 2.05) is 45.0 Å². The van der Waals surface area contributed by atoms with Gasteiger partial charge in [0, 0.05) is 31.0 Å². The summed E-state index contributed by atoms with van der Waals surface area (Å²) in [5.74, 6) is -0.519. The van der Waals surface area contributed by atoms with Crippen molar-refractivity contribution in [3.63, 3.8) is 0 Å². The smallest absolute Gasteiger partial charge is 0.262 e. The molecule has 1 atom stereocenters. The molecule has 1 aromatic carbocycles. The van der Waals surface area contributed by atoms with Gasteiger partial charge in [-0.1, -0.05) is 12.1 Å². The summed E-state index contributed by atoms with van der Waals surface area (Å²) < 4.78 is 29.0. The maximum atomic E-state index is 12.9. The number of anilines is 1. The second-order valence-corrected chi connectivity index (χ2v) is 9.20. The lowest BCUT2D eigenvalue weighted by Crippen LogP contribution is -2.43. The third kappa shape index (κ3) is 4.39. The number of nitrogens with one attached hydrogen (secondary N) is 1.